The molecule has 0 fully saturated rings. The Bertz CT molecular complexity index is 1050. The maximum Gasteiger partial charge on any atom is 0.269 e. The first kappa shape index (κ1) is 21.5. The van der Waals surface area contributed by atoms with Gasteiger partial charge in [-0.15, -0.1) is 0 Å². The molecule has 0 amide bonds. The number of nitrogens with one attached hydrogen (secondary N) is 1. The number of nitrogens with zero attached hydrogens (tertiary/aromatic N) is 1. The van der Waals surface area contributed by atoms with E-state index in [1.165, 1.54) is 23.3 Å². The van der Waals surface area contributed by atoms with Crippen LogP contribution in [0.1, 0.15) is 22.3 Å². The summed E-state index contributed by atoms with van der Waals surface area (Å²) < 4.78 is 11.3. The summed E-state index contributed by atoms with van der Waals surface area (Å²) in [4.78, 5) is 10.3. The van der Waals surface area contributed by atoms with E-state index < -0.39 is 4.92 Å². The Morgan fingerprint density at radius 1 is 1.03 bits per heavy atom. The van der Waals surface area contributed by atoms with Crippen molar-refractivity contribution < 1.29 is 14.4 Å². The Morgan fingerprint density at radius 3 is 2.40 bits per heavy atom. The summed E-state index contributed by atoms with van der Waals surface area (Å²) in [6, 6.07) is 16.2. The fourth-order valence-corrected chi connectivity index (χ4v) is 3.38. The SMILES string of the molecule is COc1cc(CNc2ccc(C)cc2C)cc(Cl)c1OCc1ccc([N+](=O)[O-])cc1. The van der Waals surface area contributed by atoms with Gasteiger partial charge in [0, 0.05) is 24.4 Å². The largest absolute Gasteiger partial charge is 0.493 e. The lowest BCUT2D eigenvalue weighted by Gasteiger charge is -2.15. The topological polar surface area (TPSA) is 73.6 Å². The molecule has 0 spiro atoms. The Morgan fingerprint density at radius 2 is 1.77 bits per heavy atom. The molecule has 7 heteroatoms. The second-order valence-electron chi connectivity index (χ2n) is 6.99. The number of nitro groups is 1. The molecule has 30 heavy (non-hydrogen) atoms. The molecule has 0 aliphatic carbocycles. The monoisotopic (exact) mass is 426 g/mol. The maximum absolute atomic E-state index is 10.8. The van der Waals surface area contributed by atoms with E-state index in [1.807, 2.05) is 12.1 Å². The molecule has 0 aliphatic rings. The van der Waals surface area contributed by atoms with Crippen molar-refractivity contribution >= 4 is 23.0 Å². The number of aryl methyl sites for hydroxylation is 2. The Kier molecular flexibility index (Phi) is 6.79. The minimum atomic E-state index is -0.435. The van der Waals surface area contributed by atoms with Crippen molar-refractivity contribution in [2.24, 2.45) is 0 Å². The van der Waals surface area contributed by atoms with E-state index in [4.69, 9.17) is 21.1 Å². The normalized spacial score (nSPS) is 10.5. The lowest BCUT2D eigenvalue weighted by Crippen LogP contribution is -2.03. The fourth-order valence-electron chi connectivity index (χ4n) is 3.09. The molecule has 0 bridgehead atoms. The molecule has 0 atom stereocenters. The lowest BCUT2D eigenvalue weighted by atomic mass is 10.1. The number of halogens is 1. The Hall–Kier alpha value is -3.25. The van der Waals surface area contributed by atoms with Crippen LogP contribution in [0.2, 0.25) is 5.02 Å². The minimum absolute atomic E-state index is 0.0371. The standard InChI is InChI=1S/C23H23ClN2O4/c1-15-4-9-21(16(2)10-15)25-13-18-11-20(24)23(22(12-18)29-3)30-14-17-5-7-19(8-6-17)26(27)28/h4-12,25H,13-14H2,1-3H3. The van der Waals surface area contributed by atoms with Crippen LogP contribution in [0.4, 0.5) is 11.4 Å². The predicted molar refractivity (Wildman–Crippen MR) is 119 cm³/mol. The van der Waals surface area contributed by atoms with Crippen molar-refractivity contribution in [3.8, 4) is 11.5 Å². The van der Waals surface area contributed by atoms with E-state index >= 15 is 0 Å². The van der Waals surface area contributed by atoms with Crippen molar-refractivity contribution in [1.82, 2.24) is 0 Å². The van der Waals surface area contributed by atoms with E-state index in [2.05, 4.69) is 37.4 Å². The highest BCUT2D eigenvalue weighted by atomic mass is 35.5. The molecular formula is C23H23ClN2O4. The van der Waals surface area contributed by atoms with Crippen LogP contribution in [0.5, 0.6) is 11.5 Å². The third-order valence-electron chi connectivity index (χ3n) is 4.68. The van der Waals surface area contributed by atoms with Gasteiger partial charge in [-0.2, -0.15) is 0 Å². The van der Waals surface area contributed by atoms with Gasteiger partial charge in [0.05, 0.1) is 17.1 Å². The Balaban J connectivity index is 1.71. The van der Waals surface area contributed by atoms with Gasteiger partial charge in [-0.05, 0) is 60.9 Å². The number of rotatable bonds is 8. The number of methoxy groups -OCH3 is 1. The first-order valence-corrected chi connectivity index (χ1v) is 9.79. The van der Waals surface area contributed by atoms with Crippen LogP contribution >= 0.6 is 11.6 Å². The molecule has 6 nitrogen and oxygen atoms in total. The number of hydrogen-bond acceptors (Lipinski definition) is 5. The van der Waals surface area contributed by atoms with Crippen molar-refractivity contribution in [3.63, 3.8) is 0 Å². The van der Waals surface area contributed by atoms with Crippen molar-refractivity contribution in [1.29, 1.82) is 0 Å². The summed E-state index contributed by atoms with van der Waals surface area (Å²) in [6.07, 6.45) is 0. The highest BCUT2D eigenvalue weighted by molar-refractivity contribution is 6.32. The average Bonchev–Trinajstić information content (AvgIpc) is 2.72. The molecule has 0 aliphatic heterocycles. The molecule has 0 radical (unpaired) electrons. The van der Waals surface area contributed by atoms with Gasteiger partial charge in [0.2, 0.25) is 0 Å². The van der Waals surface area contributed by atoms with Crippen LogP contribution in [0, 0.1) is 24.0 Å². The van der Waals surface area contributed by atoms with E-state index in [1.54, 1.807) is 19.2 Å². The highest BCUT2D eigenvalue weighted by Crippen LogP contribution is 2.37. The van der Waals surface area contributed by atoms with Gasteiger partial charge in [-0.1, -0.05) is 29.3 Å². The smallest absolute Gasteiger partial charge is 0.269 e. The molecule has 0 saturated heterocycles. The molecule has 0 saturated carbocycles. The number of benzene rings is 3. The first-order chi connectivity index (χ1) is 14.4. The summed E-state index contributed by atoms with van der Waals surface area (Å²) in [5.74, 6) is 0.967. The second kappa shape index (κ2) is 9.50. The van der Waals surface area contributed by atoms with Crippen molar-refractivity contribution in [2.45, 2.75) is 27.0 Å². The van der Waals surface area contributed by atoms with Crippen molar-refractivity contribution in [3.05, 3.63) is 92.0 Å². The van der Waals surface area contributed by atoms with Crippen LogP contribution < -0.4 is 14.8 Å². The zero-order valence-electron chi connectivity index (χ0n) is 17.1. The minimum Gasteiger partial charge on any atom is -0.493 e. The van der Waals surface area contributed by atoms with E-state index in [0.29, 0.717) is 23.1 Å². The van der Waals surface area contributed by atoms with Gasteiger partial charge in [-0.25, -0.2) is 0 Å². The summed E-state index contributed by atoms with van der Waals surface area (Å²) in [5.41, 5.74) is 5.25. The predicted octanol–water partition coefficient (Wildman–Crippen LogP) is 6.06. The van der Waals surface area contributed by atoms with Gasteiger partial charge in [0.15, 0.2) is 11.5 Å². The summed E-state index contributed by atoms with van der Waals surface area (Å²) in [6.45, 7) is 4.94. The van der Waals surface area contributed by atoms with Gasteiger partial charge < -0.3 is 14.8 Å². The summed E-state index contributed by atoms with van der Waals surface area (Å²) in [7, 11) is 1.56. The third kappa shape index (κ3) is 5.21. The van der Waals surface area contributed by atoms with Crippen LogP contribution in [-0.2, 0) is 13.2 Å². The van der Waals surface area contributed by atoms with Gasteiger partial charge in [-0.3, -0.25) is 10.1 Å². The van der Waals surface area contributed by atoms with Crippen LogP contribution in [0.15, 0.2) is 54.6 Å². The average molecular weight is 427 g/mol. The van der Waals surface area contributed by atoms with Crippen LogP contribution in [-0.4, -0.2) is 12.0 Å². The second-order valence-corrected chi connectivity index (χ2v) is 7.40. The molecule has 1 N–H and O–H groups in total. The van der Waals surface area contributed by atoms with Gasteiger partial charge in [0.25, 0.3) is 5.69 Å². The molecule has 0 heterocycles. The van der Waals surface area contributed by atoms with Crippen LogP contribution in [0.3, 0.4) is 0 Å². The molecule has 3 aromatic carbocycles. The zero-order valence-corrected chi connectivity index (χ0v) is 17.8. The third-order valence-corrected chi connectivity index (χ3v) is 4.97. The molecule has 0 aromatic heterocycles. The Labute approximate surface area is 180 Å². The quantitative estimate of drug-likeness (QED) is 0.350. The molecule has 3 rings (SSSR count). The van der Waals surface area contributed by atoms with Gasteiger partial charge in [0.1, 0.15) is 6.61 Å². The molecule has 156 valence electrons. The van der Waals surface area contributed by atoms with Gasteiger partial charge >= 0.3 is 0 Å². The number of ether oxygens (including phenoxy) is 2. The van der Waals surface area contributed by atoms with Crippen molar-refractivity contribution in [2.75, 3.05) is 12.4 Å². The molecule has 0 unspecified atom stereocenters. The summed E-state index contributed by atoms with van der Waals surface area (Å²) >= 11 is 6.46. The number of non-ortho nitro benzene ring substituents is 1. The number of hydrogen-bond donors (Lipinski definition) is 1. The lowest BCUT2D eigenvalue weighted by molar-refractivity contribution is -0.384. The number of anilines is 1. The highest BCUT2D eigenvalue weighted by Gasteiger charge is 2.13. The van der Waals surface area contributed by atoms with E-state index in [-0.39, 0.29) is 12.3 Å². The van der Waals surface area contributed by atoms with E-state index in [9.17, 15) is 10.1 Å². The van der Waals surface area contributed by atoms with E-state index in [0.717, 1.165) is 16.8 Å². The van der Waals surface area contributed by atoms with Crippen LogP contribution in [0.25, 0.3) is 0 Å². The molecular weight excluding hydrogens is 404 g/mol. The zero-order chi connectivity index (χ0) is 21.7. The summed E-state index contributed by atoms with van der Waals surface area (Å²) in [5, 5.41) is 14.6. The first-order valence-electron chi connectivity index (χ1n) is 9.41. The number of nitro benzene ring substituents is 1. The molecule has 3 aromatic rings. The maximum atomic E-state index is 10.8. The fraction of sp³-hybridized carbons (Fsp3) is 0.217.